The molecular weight excluding hydrogens is 391 g/mol. The van der Waals surface area contributed by atoms with E-state index in [1.807, 2.05) is 32.7 Å². The van der Waals surface area contributed by atoms with Crippen LogP contribution in [-0.2, 0) is 20.4 Å². The standard InChI is InChI=1S/C8H13N2O7P.2C2H6.CH3Cl.CH4O/c1-16-7(17-18(13,14)15)3-5-10-4-2-6(11)9-8(10)12;4*1-2/h2,4,7H,3,5H2,1H3,(H,9,11,12)(H2,13,14,15);2*1-2H3;1H3;2H,1H3/t7-;;;;/m1..../s1. The molecule has 0 aromatic carbocycles. The highest BCUT2D eigenvalue weighted by molar-refractivity contribution is 7.46. The molecule has 0 bridgehead atoms. The molecule has 4 N–H and O–H groups in total. The van der Waals surface area contributed by atoms with Gasteiger partial charge in [0.15, 0.2) is 6.29 Å². The van der Waals surface area contributed by atoms with Gasteiger partial charge in [0.2, 0.25) is 0 Å². The summed E-state index contributed by atoms with van der Waals surface area (Å²) in [5.74, 6) is 0. The third-order valence-electron chi connectivity index (χ3n) is 2.02. The van der Waals surface area contributed by atoms with Gasteiger partial charge >= 0.3 is 13.5 Å². The number of ether oxygens (including phenoxy) is 1. The van der Waals surface area contributed by atoms with Crippen molar-refractivity contribution >= 4 is 19.4 Å². The van der Waals surface area contributed by atoms with E-state index in [-0.39, 0.29) is 13.0 Å². The first-order valence-corrected chi connectivity index (χ1v) is 9.99. The van der Waals surface area contributed by atoms with Gasteiger partial charge < -0.3 is 24.2 Å². The Bertz CT molecular complexity index is 558. The number of aryl methyl sites for hydroxylation is 1. The number of phosphoric acid groups is 1. The average Bonchev–Trinajstić information content (AvgIpc) is 2.65. The largest absolute Gasteiger partial charge is 0.471 e. The van der Waals surface area contributed by atoms with Gasteiger partial charge in [-0.1, -0.05) is 27.7 Å². The third kappa shape index (κ3) is 19.3. The molecular formula is C14H32ClN2O8P. The number of aromatic nitrogens is 2. The van der Waals surface area contributed by atoms with Crippen molar-refractivity contribution in [3.8, 4) is 0 Å². The summed E-state index contributed by atoms with van der Waals surface area (Å²) in [6.45, 7) is 8.08. The summed E-state index contributed by atoms with van der Waals surface area (Å²) in [6, 6.07) is 1.16. The van der Waals surface area contributed by atoms with Gasteiger partial charge in [-0.05, 0) is 0 Å². The molecule has 0 radical (unpaired) electrons. The number of phosphoric ester groups is 1. The number of aliphatic hydroxyl groups is 1. The van der Waals surface area contributed by atoms with E-state index in [1.165, 1.54) is 19.7 Å². The number of nitrogens with zero attached hydrogens (tertiary/aromatic N) is 1. The molecule has 0 aliphatic rings. The van der Waals surface area contributed by atoms with Gasteiger partial charge in [-0.3, -0.25) is 14.3 Å². The molecule has 158 valence electrons. The summed E-state index contributed by atoms with van der Waals surface area (Å²) in [5.41, 5.74) is -1.14. The third-order valence-corrected chi connectivity index (χ3v) is 2.53. The second kappa shape index (κ2) is 22.0. The number of methoxy groups -OCH3 is 1. The quantitative estimate of drug-likeness (QED) is 0.306. The Labute approximate surface area is 159 Å². The molecule has 10 nitrogen and oxygen atoms in total. The summed E-state index contributed by atoms with van der Waals surface area (Å²) < 4.78 is 20.8. The van der Waals surface area contributed by atoms with Crippen molar-refractivity contribution < 1.29 is 28.7 Å². The summed E-state index contributed by atoms with van der Waals surface area (Å²) in [7, 11) is -2.43. The Morgan fingerprint density at radius 3 is 2.00 bits per heavy atom. The summed E-state index contributed by atoms with van der Waals surface area (Å²) in [5, 5.41) is 7.00. The Morgan fingerprint density at radius 1 is 1.19 bits per heavy atom. The Kier molecular flexibility index (Phi) is 27.7. The van der Waals surface area contributed by atoms with Crippen molar-refractivity contribution in [3.63, 3.8) is 0 Å². The Morgan fingerprint density at radius 2 is 1.65 bits per heavy atom. The lowest BCUT2D eigenvalue weighted by Crippen LogP contribution is -2.30. The van der Waals surface area contributed by atoms with Crippen LogP contribution in [0.4, 0.5) is 0 Å². The number of aliphatic hydroxyl groups excluding tert-OH is 1. The molecule has 1 aromatic heterocycles. The summed E-state index contributed by atoms with van der Waals surface area (Å²) in [4.78, 5) is 41.3. The molecule has 0 spiro atoms. The SMILES string of the molecule is CC.CC.CCl.CO.CO[C@@H](CCn1ccc(=O)[nH]c1=O)OP(=O)(O)O. The number of hydrogen-bond acceptors (Lipinski definition) is 6. The van der Waals surface area contributed by atoms with Gasteiger partial charge in [0.05, 0.1) is 0 Å². The minimum absolute atomic E-state index is 0.0353. The number of nitrogens with one attached hydrogen (secondary N) is 1. The van der Waals surface area contributed by atoms with E-state index in [1.54, 1.807) is 0 Å². The lowest BCUT2D eigenvalue weighted by atomic mass is 10.4. The number of alkyl halides is 1. The zero-order valence-corrected chi connectivity index (χ0v) is 18.0. The van der Waals surface area contributed by atoms with Crippen molar-refractivity contribution in [3.05, 3.63) is 33.1 Å². The second-order valence-electron chi connectivity index (χ2n) is 3.35. The first-order valence-electron chi connectivity index (χ1n) is 7.71. The number of halogens is 1. The molecule has 1 aromatic rings. The second-order valence-corrected chi connectivity index (χ2v) is 4.55. The first kappa shape index (κ1) is 32.7. The highest BCUT2D eigenvalue weighted by Crippen LogP contribution is 2.38. The molecule has 0 fully saturated rings. The van der Waals surface area contributed by atoms with E-state index in [4.69, 9.17) is 19.6 Å². The van der Waals surface area contributed by atoms with E-state index < -0.39 is 25.4 Å². The van der Waals surface area contributed by atoms with Crippen LogP contribution in [0, 0.1) is 0 Å². The van der Waals surface area contributed by atoms with Gasteiger partial charge in [0.25, 0.3) is 5.56 Å². The van der Waals surface area contributed by atoms with Crippen molar-refractivity contribution in [2.75, 3.05) is 20.6 Å². The predicted molar refractivity (Wildman–Crippen MR) is 102 cm³/mol. The van der Waals surface area contributed by atoms with Crippen LogP contribution in [0.1, 0.15) is 34.1 Å². The molecule has 0 unspecified atom stereocenters. The number of aromatic amines is 1. The first-order chi connectivity index (χ1) is 12.3. The zero-order valence-electron chi connectivity index (χ0n) is 16.3. The van der Waals surface area contributed by atoms with Gasteiger partial charge in [0, 0.05) is 45.8 Å². The molecule has 1 heterocycles. The van der Waals surface area contributed by atoms with Crippen molar-refractivity contribution in [2.24, 2.45) is 0 Å². The number of hydrogen-bond donors (Lipinski definition) is 4. The minimum atomic E-state index is -4.65. The molecule has 0 amide bonds. The fourth-order valence-corrected chi connectivity index (χ4v) is 1.73. The predicted octanol–water partition coefficient (Wildman–Crippen LogP) is 1.52. The van der Waals surface area contributed by atoms with Crippen LogP contribution in [0.5, 0.6) is 0 Å². The molecule has 0 aliphatic heterocycles. The maximum absolute atomic E-state index is 11.3. The van der Waals surface area contributed by atoms with E-state index in [0.717, 1.165) is 17.7 Å². The van der Waals surface area contributed by atoms with Crippen LogP contribution in [0.2, 0.25) is 0 Å². The summed E-state index contributed by atoms with van der Waals surface area (Å²) in [6.07, 6.45) is 1.63. The van der Waals surface area contributed by atoms with Gasteiger partial charge in [-0.15, -0.1) is 11.6 Å². The van der Waals surface area contributed by atoms with E-state index in [0.29, 0.717) is 0 Å². The highest BCUT2D eigenvalue weighted by Gasteiger charge is 2.21. The fraction of sp³-hybridized carbons (Fsp3) is 0.714. The molecule has 0 saturated carbocycles. The smallest absolute Gasteiger partial charge is 0.400 e. The van der Waals surface area contributed by atoms with Crippen LogP contribution < -0.4 is 11.2 Å². The molecule has 26 heavy (non-hydrogen) atoms. The van der Waals surface area contributed by atoms with Crippen LogP contribution in [0.3, 0.4) is 0 Å². The Hall–Kier alpha value is -1.00. The molecule has 1 atom stereocenters. The van der Waals surface area contributed by atoms with E-state index in [9.17, 15) is 14.2 Å². The van der Waals surface area contributed by atoms with Crippen LogP contribution in [0.25, 0.3) is 0 Å². The van der Waals surface area contributed by atoms with Crippen LogP contribution >= 0.6 is 19.4 Å². The number of rotatable bonds is 6. The molecule has 0 saturated heterocycles. The van der Waals surface area contributed by atoms with Gasteiger partial charge in [-0.25, -0.2) is 9.36 Å². The molecule has 12 heteroatoms. The maximum atomic E-state index is 11.3. The summed E-state index contributed by atoms with van der Waals surface area (Å²) >= 11 is 4.64. The zero-order chi connectivity index (χ0) is 21.8. The van der Waals surface area contributed by atoms with Crippen molar-refractivity contribution in [1.29, 1.82) is 0 Å². The monoisotopic (exact) mass is 422 g/mol. The average molecular weight is 423 g/mol. The van der Waals surface area contributed by atoms with E-state index in [2.05, 4.69) is 16.1 Å². The highest BCUT2D eigenvalue weighted by atomic mass is 35.5. The molecule has 0 aliphatic carbocycles. The topological polar surface area (TPSA) is 151 Å². The van der Waals surface area contributed by atoms with Gasteiger partial charge in [-0.2, -0.15) is 0 Å². The fourth-order valence-electron chi connectivity index (χ4n) is 1.23. The lowest BCUT2D eigenvalue weighted by molar-refractivity contribution is -0.0747. The normalized spacial score (nSPS) is 10.3. The van der Waals surface area contributed by atoms with Gasteiger partial charge in [0.1, 0.15) is 0 Å². The van der Waals surface area contributed by atoms with Crippen LogP contribution in [-0.4, -0.2) is 51.3 Å². The molecule has 1 rings (SSSR count). The van der Waals surface area contributed by atoms with Crippen molar-refractivity contribution in [2.45, 2.75) is 47.0 Å². The van der Waals surface area contributed by atoms with Crippen LogP contribution in [0.15, 0.2) is 21.9 Å². The minimum Gasteiger partial charge on any atom is -0.400 e. The maximum Gasteiger partial charge on any atom is 0.471 e. The number of H-pyrrole nitrogens is 1. The lowest BCUT2D eigenvalue weighted by Gasteiger charge is -2.16. The Balaban J connectivity index is -0.000000266. The van der Waals surface area contributed by atoms with E-state index >= 15 is 0 Å². The van der Waals surface area contributed by atoms with Crippen molar-refractivity contribution in [1.82, 2.24) is 9.55 Å².